The maximum absolute atomic E-state index is 8.75. The van der Waals surface area contributed by atoms with E-state index < -0.39 is 0 Å². The standard InChI is InChI=1S/C10H15N3OS/c1-13(2)7-5-4-6-8(15-3)9(7)10(11)12-14/h4-6,14H,1-3H3,(H2,11,12). The van der Waals surface area contributed by atoms with E-state index in [4.69, 9.17) is 10.9 Å². The summed E-state index contributed by atoms with van der Waals surface area (Å²) in [5.74, 6) is 0.142. The predicted octanol–water partition coefficient (Wildman–Crippen LogP) is 1.57. The van der Waals surface area contributed by atoms with Crippen molar-refractivity contribution in [3.8, 4) is 0 Å². The molecule has 0 bridgehead atoms. The molecule has 0 aliphatic carbocycles. The summed E-state index contributed by atoms with van der Waals surface area (Å²) in [7, 11) is 3.85. The first-order chi connectivity index (χ1) is 7.11. The van der Waals surface area contributed by atoms with Crippen LogP contribution in [-0.4, -0.2) is 31.4 Å². The molecule has 0 amide bonds. The summed E-state index contributed by atoms with van der Waals surface area (Å²) in [5.41, 5.74) is 7.39. The van der Waals surface area contributed by atoms with Crippen LogP contribution in [0.1, 0.15) is 5.56 Å². The van der Waals surface area contributed by atoms with Crippen molar-refractivity contribution in [2.24, 2.45) is 10.9 Å². The normalized spacial score (nSPS) is 11.5. The van der Waals surface area contributed by atoms with Crippen molar-refractivity contribution in [3.63, 3.8) is 0 Å². The zero-order chi connectivity index (χ0) is 11.4. The Bertz CT molecular complexity index is 377. The highest BCUT2D eigenvalue weighted by Crippen LogP contribution is 2.28. The molecule has 0 unspecified atom stereocenters. The van der Waals surface area contributed by atoms with Crippen LogP contribution in [0, 0.1) is 0 Å². The Morgan fingerprint density at radius 1 is 1.47 bits per heavy atom. The number of amidine groups is 1. The van der Waals surface area contributed by atoms with Crippen LogP contribution in [0.15, 0.2) is 28.3 Å². The van der Waals surface area contributed by atoms with Gasteiger partial charge in [0.25, 0.3) is 0 Å². The number of anilines is 1. The lowest BCUT2D eigenvalue weighted by Gasteiger charge is -2.18. The zero-order valence-electron chi connectivity index (χ0n) is 9.06. The molecule has 0 spiro atoms. The fraction of sp³-hybridized carbons (Fsp3) is 0.300. The fourth-order valence-electron chi connectivity index (χ4n) is 1.37. The summed E-state index contributed by atoms with van der Waals surface area (Å²) in [4.78, 5) is 2.93. The first kappa shape index (κ1) is 11.7. The Morgan fingerprint density at radius 2 is 2.13 bits per heavy atom. The molecule has 1 aromatic carbocycles. The van der Waals surface area contributed by atoms with Crippen molar-refractivity contribution in [1.82, 2.24) is 0 Å². The molecule has 0 atom stereocenters. The molecule has 0 aliphatic rings. The molecule has 0 saturated heterocycles. The van der Waals surface area contributed by atoms with Gasteiger partial charge in [0.2, 0.25) is 0 Å². The fourth-order valence-corrected chi connectivity index (χ4v) is 2.00. The van der Waals surface area contributed by atoms with E-state index in [-0.39, 0.29) is 5.84 Å². The Labute approximate surface area is 93.8 Å². The highest BCUT2D eigenvalue weighted by Gasteiger charge is 2.13. The number of rotatable bonds is 3. The molecule has 1 aromatic rings. The van der Waals surface area contributed by atoms with Gasteiger partial charge < -0.3 is 15.8 Å². The Morgan fingerprint density at radius 3 is 2.60 bits per heavy atom. The van der Waals surface area contributed by atoms with Crippen LogP contribution in [0.4, 0.5) is 5.69 Å². The second kappa shape index (κ2) is 4.93. The van der Waals surface area contributed by atoms with E-state index in [1.165, 1.54) is 0 Å². The topological polar surface area (TPSA) is 61.8 Å². The van der Waals surface area contributed by atoms with Crippen LogP contribution in [0.2, 0.25) is 0 Å². The molecule has 0 saturated carbocycles. The summed E-state index contributed by atoms with van der Waals surface area (Å²) in [6.07, 6.45) is 1.96. The van der Waals surface area contributed by atoms with Crippen molar-refractivity contribution >= 4 is 23.3 Å². The van der Waals surface area contributed by atoms with Gasteiger partial charge in [-0.05, 0) is 18.4 Å². The molecular formula is C10H15N3OS. The lowest BCUT2D eigenvalue weighted by Crippen LogP contribution is -2.20. The van der Waals surface area contributed by atoms with Crippen molar-refractivity contribution in [2.45, 2.75) is 4.90 Å². The molecule has 5 heteroatoms. The molecule has 4 nitrogen and oxygen atoms in total. The average Bonchev–Trinajstić information content (AvgIpc) is 2.26. The number of thioether (sulfide) groups is 1. The van der Waals surface area contributed by atoms with E-state index in [1.54, 1.807) is 11.8 Å². The van der Waals surface area contributed by atoms with Crippen molar-refractivity contribution in [3.05, 3.63) is 23.8 Å². The van der Waals surface area contributed by atoms with Gasteiger partial charge in [0, 0.05) is 24.7 Å². The summed E-state index contributed by atoms with van der Waals surface area (Å²) < 4.78 is 0. The lowest BCUT2D eigenvalue weighted by molar-refractivity contribution is 0.318. The molecule has 3 N–H and O–H groups in total. The van der Waals surface area contributed by atoms with E-state index in [0.29, 0.717) is 0 Å². The minimum atomic E-state index is 0.142. The van der Waals surface area contributed by atoms with Gasteiger partial charge in [0.15, 0.2) is 5.84 Å². The molecule has 0 fully saturated rings. The van der Waals surface area contributed by atoms with Gasteiger partial charge in [0.1, 0.15) is 0 Å². The van der Waals surface area contributed by atoms with Crippen LogP contribution < -0.4 is 10.6 Å². The molecular weight excluding hydrogens is 210 g/mol. The highest BCUT2D eigenvalue weighted by atomic mass is 32.2. The zero-order valence-corrected chi connectivity index (χ0v) is 9.88. The van der Waals surface area contributed by atoms with Crippen molar-refractivity contribution in [1.29, 1.82) is 0 Å². The highest BCUT2D eigenvalue weighted by molar-refractivity contribution is 7.98. The lowest BCUT2D eigenvalue weighted by atomic mass is 10.1. The SMILES string of the molecule is CSc1cccc(N(C)C)c1/C(N)=N/O. The molecule has 0 aliphatic heterocycles. The van der Waals surface area contributed by atoms with Crippen LogP contribution >= 0.6 is 11.8 Å². The molecule has 82 valence electrons. The van der Waals surface area contributed by atoms with E-state index in [9.17, 15) is 0 Å². The number of nitrogens with zero attached hydrogens (tertiary/aromatic N) is 2. The monoisotopic (exact) mass is 225 g/mol. The molecule has 15 heavy (non-hydrogen) atoms. The van der Waals surface area contributed by atoms with Crippen molar-refractivity contribution < 1.29 is 5.21 Å². The Balaban J connectivity index is 3.40. The minimum absolute atomic E-state index is 0.142. The minimum Gasteiger partial charge on any atom is -0.409 e. The Hall–Kier alpha value is -1.36. The number of hydrogen-bond donors (Lipinski definition) is 2. The second-order valence-corrected chi connectivity index (χ2v) is 4.08. The summed E-state index contributed by atoms with van der Waals surface area (Å²) >= 11 is 1.57. The van der Waals surface area contributed by atoms with Gasteiger partial charge in [-0.1, -0.05) is 11.2 Å². The molecule has 0 heterocycles. The molecule has 0 aromatic heterocycles. The van der Waals surface area contributed by atoms with Gasteiger partial charge in [0.05, 0.1) is 5.56 Å². The summed E-state index contributed by atoms with van der Waals surface area (Å²) in [6.45, 7) is 0. The predicted molar refractivity (Wildman–Crippen MR) is 65.1 cm³/mol. The third-order valence-corrected chi connectivity index (χ3v) is 2.85. The molecule has 0 radical (unpaired) electrons. The maximum atomic E-state index is 8.75. The summed E-state index contributed by atoms with van der Waals surface area (Å²) in [6, 6.07) is 5.84. The number of nitrogens with two attached hydrogens (primary N) is 1. The number of oxime groups is 1. The average molecular weight is 225 g/mol. The van der Waals surface area contributed by atoms with E-state index in [0.717, 1.165) is 16.1 Å². The van der Waals surface area contributed by atoms with Gasteiger partial charge in [-0.25, -0.2) is 0 Å². The van der Waals surface area contributed by atoms with Gasteiger partial charge in [-0.15, -0.1) is 11.8 Å². The third-order valence-electron chi connectivity index (χ3n) is 2.07. The largest absolute Gasteiger partial charge is 0.409 e. The number of benzene rings is 1. The van der Waals surface area contributed by atoms with Crippen LogP contribution in [0.5, 0.6) is 0 Å². The van der Waals surface area contributed by atoms with Gasteiger partial charge in [-0.2, -0.15) is 0 Å². The maximum Gasteiger partial charge on any atom is 0.173 e. The second-order valence-electron chi connectivity index (χ2n) is 3.23. The van der Waals surface area contributed by atoms with E-state index >= 15 is 0 Å². The van der Waals surface area contributed by atoms with Crippen molar-refractivity contribution in [2.75, 3.05) is 25.3 Å². The quantitative estimate of drug-likeness (QED) is 0.269. The van der Waals surface area contributed by atoms with Gasteiger partial charge in [-0.3, -0.25) is 0 Å². The van der Waals surface area contributed by atoms with Gasteiger partial charge >= 0.3 is 0 Å². The summed E-state index contributed by atoms with van der Waals surface area (Å²) in [5, 5.41) is 11.8. The van der Waals surface area contributed by atoms with Crippen LogP contribution in [0.3, 0.4) is 0 Å². The van der Waals surface area contributed by atoms with Crippen LogP contribution in [-0.2, 0) is 0 Å². The number of hydrogen-bond acceptors (Lipinski definition) is 4. The third kappa shape index (κ3) is 2.36. The van der Waals surface area contributed by atoms with Crippen LogP contribution in [0.25, 0.3) is 0 Å². The van der Waals surface area contributed by atoms with E-state index in [2.05, 4.69) is 5.16 Å². The first-order valence-corrected chi connectivity index (χ1v) is 5.66. The first-order valence-electron chi connectivity index (χ1n) is 4.44. The molecule has 1 rings (SSSR count). The van der Waals surface area contributed by atoms with E-state index in [1.807, 2.05) is 43.5 Å². The Kier molecular flexibility index (Phi) is 3.85. The smallest absolute Gasteiger partial charge is 0.173 e.